The Morgan fingerprint density at radius 2 is 2.17 bits per heavy atom. The third kappa shape index (κ3) is 1.37. The van der Waals surface area contributed by atoms with Crippen LogP contribution in [0.5, 0.6) is 0 Å². The first kappa shape index (κ1) is 8.48. The summed E-state index contributed by atoms with van der Waals surface area (Å²) in [4.78, 5) is 2.34. The van der Waals surface area contributed by atoms with Gasteiger partial charge in [-0.25, -0.2) is 0 Å². The van der Waals surface area contributed by atoms with Crippen LogP contribution in [0.4, 0.5) is 0 Å². The molecule has 0 bridgehead atoms. The predicted molar refractivity (Wildman–Crippen MR) is 45.8 cm³/mol. The molecule has 0 aromatic heterocycles. The van der Waals surface area contributed by atoms with Gasteiger partial charge in [-0.2, -0.15) is 0 Å². The van der Waals surface area contributed by atoms with E-state index in [9.17, 15) is 5.11 Å². The average molecular weight is 171 g/mol. The Morgan fingerprint density at radius 3 is 2.58 bits per heavy atom. The highest BCUT2D eigenvalue weighted by Crippen LogP contribution is 2.39. The van der Waals surface area contributed by atoms with E-state index in [1.165, 1.54) is 0 Å². The summed E-state index contributed by atoms with van der Waals surface area (Å²) in [6.45, 7) is 3.27. The lowest BCUT2D eigenvalue weighted by molar-refractivity contribution is 0.165. The molecular weight excluding hydrogens is 154 g/mol. The highest BCUT2D eigenvalue weighted by atomic mass is 16.3. The number of hydrogen-bond acceptors (Lipinski definition) is 3. The molecule has 1 saturated heterocycles. The number of aliphatic hydroxyl groups is 2. The number of hydrogen-bond donors (Lipinski definition) is 2. The zero-order chi connectivity index (χ0) is 8.72. The smallest absolute Gasteiger partial charge is 0.0682 e. The van der Waals surface area contributed by atoms with E-state index in [1.807, 2.05) is 0 Å². The van der Waals surface area contributed by atoms with Crippen molar-refractivity contribution in [3.05, 3.63) is 0 Å². The van der Waals surface area contributed by atoms with E-state index in [4.69, 9.17) is 5.11 Å². The van der Waals surface area contributed by atoms with E-state index < -0.39 is 0 Å². The van der Waals surface area contributed by atoms with Gasteiger partial charge in [0.2, 0.25) is 0 Å². The lowest BCUT2D eigenvalue weighted by Crippen LogP contribution is -2.31. The zero-order valence-electron chi connectivity index (χ0n) is 7.48. The molecule has 12 heavy (non-hydrogen) atoms. The second kappa shape index (κ2) is 2.98. The summed E-state index contributed by atoms with van der Waals surface area (Å²) in [5, 5.41) is 18.3. The summed E-state index contributed by atoms with van der Waals surface area (Å²) < 4.78 is 0. The van der Waals surface area contributed by atoms with Crippen molar-refractivity contribution in [2.24, 2.45) is 5.92 Å². The maximum absolute atomic E-state index is 9.40. The molecule has 0 spiro atoms. The second-order valence-electron chi connectivity index (χ2n) is 4.18. The molecule has 2 N–H and O–H groups in total. The molecule has 2 fully saturated rings. The molecule has 0 aromatic rings. The van der Waals surface area contributed by atoms with Crippen molar-refractivity contribution in [1.29, 1.82) is 0 Å². The topological polar surface area (TPSA) is 43.7 Å². The predicted octanol–water partition coefficient (Wildman–Crippen LogP) is -0.178. The zero-order valence-corrected chi connectivity index (χ0v) is 7.48. The lowest BCUT2D eigenvalue weighted by atomic mass is 10.2. The normalized spacial score (nSPS) is 48.2. The number of aliphatic hydroxyl groups excluding tert-OH is 2. The van der Waals surface area contributed by atoms with Gasteiger partial charge in [-0.15, -0.1) is 0 Å². The summed E-state index contributed by atoms with van der Waals surface area (Å²) in [6.07, 6.45) is 1.88. The van der Waals surface area contributed by atoms with Crippen LogP contribution in [0.1, 0.15) is 19.8 Å². The molecule has 1 aliphatic heterocycles. The van der Waals surface area contributed by atoms with Gasteiger partial charge in [0.05, 0.1) is 6.10 Å². The van der Waals surface area contributed by atoms with Crippen LogP contribution in [0, 0.1) is 5.92 Å². The summed E-state index contributed by atoms with van der Waals surface area (Å²) >= 11 is 0. The van der Waals surface area contributed by atoms with Crippen LogP contribution in [-0.4, -0.2) is 46.5 Å². The van der Waals surface area contributed by atoms with Crippen LogP contribution in [0.15, 0.2) is 0 Å². The minimum atomic E-state index is -0.139. The van der Waals surface area contributed by atoms with Gasteiger partial charge in [0.15, 0.2) is 0 Å². The molecule has 3 heteroatoms. The van der Waals surface area contributed by atoms with Crippen molar-refractivity contribution < 1.29 is 10.2 Å². The molecule has 70 valence electrons. The van der Waals surface area contributed by atoms with Crippen molar-refractivity contribution in [2.75, 3.05) is 13.2 Å². The molecule has 1 saturated carbocycles. The summed E-state index contributed by atoms with van der Waals surface area (Å²) in [5.41, 5.74) is 0. The minimum absolute atomic E-state index is 0.139. The van der Waals surface area contributed by atoms with Crippen molar-refractivity contribution >= 4 is 0 Å². The number of rotatable bonds is 2. The van der Waals surface area contributed by atoms with Crippen LogP contribution in [0.25, 0.3) is 0 Å². The van der Waals surface area contributed by atoms with Crippen molar-refractivity contribution in [3.8, 4) is 0 Å². The van der Waals surface area contributed by atoms with Gasteiger partial charge >= 0.3 is 0 Å². The SMILES string of the molecule is CC1CC(O)CN1C1CC1CO. The quantitative estimate of drug-likeness (QED) is 0.606. The molecule has 0 radical (unpaired) electrons. The van der Waals surface area contributed by atoms with Gasteiger partial charge in [0, 0.05) is 25.2 Å². The first-order chi connectivity index (χ1) is 5.72. The van der Waals surface area contributed by atoms with E-state index in [2.05, 4.69) is 11.8 Å². The van der Waals surface area contributed by atoms with Crippen molar-refractivity contribution in [1.82, 2.24) is 4.90 Å². The Kier molecular flexibility index (Phi) is 2.10. The van der Waals surface area contributed by atoms with Gasteiger partial charge in [-0.1, -0.05) is 0 Å². The Balaban J connectivity index is 1.89. The molecule has 4 unspecified atom stereocenters. The molecule has 3 nitrogen and oxygen atoms in total. The molecule has 2 aliphatic rings. The Morgan fingerprint density at radius 1 is 1.42 bits per heavy atom. The van der Waals surface area contributed by atoms with Crippen molar-refractivity contribution in [3.63, 3.8) is 0 Å². The standard InChI is InChI=1S/C9H17NO2/c1-6-2-8(12)4-10(6)9-3-7(9)5-11/h6-9,11-12H,2-5H2,1H3. The molecular formula is C9H17NO2. The largest absolute Gasteiger partial charge is 0.396 e. The van der Waals surface area contributed by atoms with E-state index in [-0.39, 0.29) is 6.10 Å². The van der Waals surface area contributed by atoms with E-state index in [1.54, 1.807) is 0 Å². The van der Waals surface area contributed by atoms with Crippen LogP contribution in [0.2, 0.25) is 0 Å². The van der Waals surface area contributed by atoms with Crippen LogP contribution >= 0.6 is 0 Å². The monoisotopic (exact) mass is 171 g/mol. The third-order valence-corrected chi connectivity index (χ3v) is 3.15. The van der Waals surface area contributed by atoms with Crippen LogP contribution < -0.4 is 0 Å². The highest BCUT2D eigenvalue weighted by Gasteiger charge is 2.45. The van der Waals surface area contributed by atoms with Gasteiger partial charge in [-0.05, 0) is 25.7 Å². The maximum Gasteiger partial charge on any atom is 0.0682 e. The Bertz CT molecular complexity index is 174. The minimum Gasteiger partial charge on any atom is -0.396 e. The lowest BCUT2D eigenvalue weighted by Gasteiger charge is -2.20. The van der Waals surface area contributed by atoms with Crippen LogP contribution in [-0.2, 0) is 0 Å². The summed E-state index contributed by atoms with van der Waals surface area (Å²) in [7, 11) is 0. The maximum atomic E-state index is 9.40. The van der Waals surface area contributed by atoms with E-state index >= 15 is 0 Å². The van der Waals surface area contributed by atoms with Gasteiger partial charge in [-0.3, -0.25) is 4.90 Å². The number of β-amino-alcohol motifs (C(OH)–C–C–N with tert-alkyl or cyclic N) is 1. The third-order valence-electron chi connectivity index (χ3n) is 3.15. The number of nitrogens with zero attached hydrogens (tertiary/aromatic N) is 1. The summed E-state index contributed by atoms with van der Waals surface area (Å²) in [6, 6.07) is 1.06. The van der Waals surface area contributed by atoms with Gasteiger partial charge in [0.25, 0.3) is 0 Å². The Labute approximate surface area is 73.0 Å². The molecule has 1 aliphatic carbocycles. The van der Waals surface area contributed by atoms with E-state index in [0.717, 1.165) is 19.4 Å². The van der Waals surface area contributed by atoms with Crippen LogP contribution in [0.3, 0.4) is 0 Å². The molecule has 2 rings (SSSR count). The van der Waals surface area contributed by atoms with Crippen molar-refractivity contribution in [2.45, 2.75) is 38.0 Å². The highest BCUT2D eigenvalue weighted by molar-refractivity contribution is 4.99. The van der Waals surface area contributed by atoms with Gasteiger partial charge < -0.3 is 10.2 Å². The first-order valence-corrected chi connectivity index (χ1v) is 4.77. The summed E-state index contributed by atoms with van der Waals surface area (Å²) in [5.74, 6) is 0.484. The van der Waals surface area contributed by atoms with Gasteiger partial charge in [0.1, 0.15) is 0 Å². The fourth-order valence-electron chi connectivity index (χ4n) is 2.32. The fourth-order valence-corrected chi connectivity index (χ4v) is 2.32. The molecule has 0 aromatic carbocycles. The molecule has 0 amide bonds. The number of likely N-dealkylation sites (tertiary alicyclic amines) is 1. The first-order valence-electron chi connectivity index (χ1n) is 4.77. The van der Waals surface area contributed by atoms with E-state index in [0.29, 0.717) is 24.6 Å². The fraction of sp³-hybridized carbons (Fsp3) is 1.00. The second-order valence-corrected chi connectivity index (χ2v) is 4.18. The average Bonchev–Trinajstić information content (AvgIpc) is 2.72. The Hall–Kier alpha value is -0.120. The molecule has 4 atom stereocenters. The molecule has 1 heterocycles.